The molecule has 0 heterocycles. The molecule has 0 aliphatic rings. The molecule has 2 nitrogen and oxygen atoms in total. The predicted octanol–water partition coefficient (Wildman–Crippen LogP) is 2.84. The molecule has 0 aromatic rings. The maximum absolute atomic E-state index is 11.4. The third kappa shape index (κ3) is 2.88. The molecule has 0 aliphatic carbocycles. The number of nitrogens with zero attached hydrogens (tertiary/aromatic N) is 1. The zero-order valence-electron chi connectivity index (χ0n) is 5.00. The summed E-state index contributed by atoms with van der Waals surface area (Å²) < 4.78 is 68.5. The topological polar surface area (TPSA) is 20.3 Å². The van der Waals surface area contributed by atoms with Gasteiger partial charge in [-0.2, -0.15) is 4.90 Å². The molecular formula is C3BrF6NO. The molecule has 72 valence electrons. The fourth-order valence-electron chi connectivity index (χ4n) is 0.343. The summed E-state index contributed by atoms with van der Waals surface area (Å²) in [6.45, 7) is 0. The molecule has 0 aromatic carbocycles. The van der Waals surface area contributed by atoms with Crippen molar-refractivity contribution in [2.45, 2.75) is 12.6 Å². The number of rotatable bonds is 0. The summed E-state index contributed by atoms with van der Waals surface area (Å²) in [5.41, 5.74) is 0. The number of hydrogen-bond donors (Lipinski definition) is 0. The maximum atomic E-state index is 11.4. The van der Waals surface area contributed by atoms with E-state index >= 15 is 0 Å². The quantitative estimate of drug-likeness (QED) is 0.372. The molecule has 0 radical (unpaired) electrons. The van der Waals surface area contributed by atoms with Gasteiger partial charge in [-0.15, -0.1) is 26.3 Å². The van der Waals surface area contributed by atoms with Crippen LogP contribution in [0.3, 0.4) is 0 Å². The normalized spacial score (nSPS) is 12.9. The van der Waals surface area contributed by atoms with Crippen LogP contribution in [0.5, 0.6) is 0 Å². The molecule has 0 aliphatic heterocycles. The molecule has 0 fully saturated rings. The van der Waals surface area contributed by atoms with Gasteiger partial charge in [0, 0.05) is 15.9 Å². The van der Waals surface area contributed by atoms with E-state index in [-0.39, 0.29) is 0 Å². The van der Waals surface area contributed by atoms with Crippen molar-refractivity contribution >= 4 is 20.7 Å². The summed E-state index contributed by atoms with van der Waals surface area (Å²) in [6.07, 6.45) is -11.5. The molecular weight excluding hydrogens is 260 g/mol. The zero-order chi connectivity index (χ0) is 10.2. The summed E-state index contributed by atoms with van der Waals surface area (Å²) in [4.78, 5) is 5.36. The lowest BCUT2D eigenvalue weighted by atomic mass is 10.8. The summed E-state index contributed by atoms with van der Waals surface area (Å²) in [5.74, 6) is 0. The van der Waals surface area contributed by atoms with Crippen LogP contribution in [0.1, 0.15) is 0 Å². The van der Waals surface area contributed by atoms with Gasteiger partial charge in [-0.25, -0.2) is 0 Å². The Bertz CT molecular complexity index is 170. The number of carbonyl (C=O) groups is 1. The molecule has 0 spiro atoms. The molecule has 0 saturated carbocycles. The highest BCUT2D eigenvalue weighted by Crippen LogP contribution is 2.34. The Hall–Kier alpha value is -0.470. The summed E-state index contributed by atoms with van der Waals surface area (Å²) >= 11 is 1.56. The van der Waals surface area contributed by atoms with Gasteiger partial charge < -0.3 is 0 Å². The first-order chi connectivity index (χ1) is 5.07. The van der Waals surface area contributed by atoms with Gasteiger partial charge in [-0.1, -0.05) is 0 Å². The van der Waals surface area contributed by atoms with E-state index in [4.69, 9.17) is 0 Å². The van der Waals surface area contributed by atoms with Crippen molar-refractivity contribution in [3.8, 4) is 0 Å². The summed E-state index contributed by atoms with van der Waals surface area (Å²) in [5, 5.41) is 0. The van der Waals surface area contributed by atoms with Gasteiger partial charge in [0.2, 0.25) is 0 Å². The largest absolute Gasteiger partial charge is 0.494 e. The van der Waals surface area contributed by atoms with Crippen molar-refractivity contribution < 1.29 is 31.1 Å². The van der Waals surface area contributed by atoms with E-state index in [9.17, 15) is 31.1 Å². The van der Waals surface area contributed by atoms with Crippen LogP contribution in [0.4, 0.5) is 31.1 Å². The van der Waals surface area contributed by atoms with Gasteiger partial charge in [0.05, 0.1) is 0 Å². The van der Waals surface area contributed by atoms with Crippen molar-refractivity contribution in [3.05, 3.63) is 0 Å². The third-order valence-corrected chi connectivity index (χ3v) is 1.04. The molecule has 0 atom stereocenters. The first-order valence-corrected chi connectivity index (χ1v) is 2.99. The Morgan fingerprint density at radius 2 is 1.25 bits per heavy atom. The highest BCUT2D eigenvalue weighted by molar-refractivity contribution is 9.18. The van der Waals surface area contributed by atoms with Crippen molar-refractivity contribution in [2.24, 2.45) is 0 Å². The van der Waals surface area contributed by atoms with E-state index < -0.39 is 22.3 Å². The first kappa shape index (κ1) is 11.5. The Balaban J connectivity index is 4.82. The second-order valence-corrected chi connectivity index (χ2v) is 2.20. The fourth-order valence-corrected chi connectivity index (χ4v) is 0.745. The molecule has 0 bridgehead atoms. The highest BCUT2D eigenvalue weighted by Gasteiger charge is 2.56. The predicted molar refractivity (Wildman–Crippen MR) is 28.3 cm³/mol. The molecule has 0 saturated heterocycles. The van der Waals surface area contributed by atoms with Gasteiger partial charge >= 0.3 is 17.4 Å². The highest BCUT2D eigenvalue weighted by atomic mass is 79.9. The van der Waals surface area contributed by atoms with E-state index in [2.05, 4.69) is 0 Å². The van der Waals surface area contributed by atoms with Gasteiger partial charge in [-0.05, 0) is 0 Å². The molecule has 0 rings (SSSR count). The summed E-state index contributed by atoms with van der Waals surface area (Å²) in [7, 11) is 0. The smallest absolute Gasteiger partial charge is 0.261 e. The van der Waals surface area contributed by atoms with Crippen LogP contribution in [0, 0.1) is 0 Å². The van der Waals surface area contributed by atoms with E-state index in [1.807, 2.05) is 0 Å². The second-order valence-electron chi connectivity index (χ2n) is 1.52. The number of amides is 1. The molecule has 12 heavy (non-hydrogen) atoms. The Morgan fingerprint density at radius 1 is 1.00 bits per heavy atom. The van der Waals surface area contributed by atoms with E-state index in [0.717, 1.165) is 0 Å². The van der Waals surface area contributed by atoms with Crippen LogP contribution >= 0.6 is 15.9 Å². The molecule has 0 N–H and O–H groups in total. The van der Waals surface area contributed by atoms with Gasteiger partial charge in [0.1, 0.15) is 0 Å². The van der Waals surface area contributed by atoms with Crippen molar-refractivity contribution in [3.63, 3.8) is 0 Å². The van der Waals surface area contributed by atoms with Crippen molar-refractivity contribution in [2.75, 3.05) is 0 Å². The molecule has 9 heteroatoms. The van der Waals surface area contributed by atoms with E-state index in [0.29, 0.717) is 0 Å². The lowest BCUT2D eigenvalue weighted by Gasteiger charge is -2.24. The number of halogens is 7. The van der Waals surface area contributed by atoms with Crippen LogP contribution in [0.25, 0.3) is 0 Å². The Labute approximate surface area is 70.3 Å². The first-order valence-electron chi connectivity index (χ1n) is 2.20. The van der Waals surface area contributed by atoms with Gasteiger partial charge in [-0.3, -0.25) is 4.79 Å². The van der Waals surface area contributed by atoms with Crippen LogP contribution in [-0.2, 0) is 0 Å². The van der Waals surface area contributed by atoms with Crippen molar-refractivity contribution in [1.29, 1.82) is 0 Å². The summed E-state index contributed by atoms with van der Waals surface area (Å²) in [6, 6.07) is 0. The Morgan fingerprint density at radius 3 is 1.25 bits per heavy atom. The molecule has 1 amide bonds. The van der Waals surface area contributed by atoms with E-state index in [1.165, 1.54) is 0 Å². The lowest BCUT2D eigenvalue weighted by Crippen LogP contribution is -2.49. The standard InChI is InChI=1S/C3BrF6NO/c4-1(12)11(2(5,6)7)3(8,9)10. The average Bonchev–Trinajstić information content (AvgIpc) is 1.49. The minimum absolute atomic E-state index is 1.56. The third-order valence-electron chi connectivity index (χ3n) is 0.683. The average molecular weight is 260 g/mol. The van der Waals surface area contributed by atoms with Crippen LogP contribution < -0.4 is 0 Å². The van der Waals surface area contributed by atoms with Crippen LogP contribution in [-0.4, -0.2) is 22.3 Å². The van der Waals surface area contributed by atoms with Crippen LogP contribution in [0.2, 0.25) is 0 Å². The Kier molecular flexibility index (Phi) is 2.99. The molecule has 0 aromatic heterocycles. The number of hydrogen-bond acceptors (Lipinski definition) is 1. The fraction of sp³-hybridized carbons (Fsp3) is 0.667. The molecule has 0 unspecified atom stereocenters. The lowest BCUT2D eigenvalue weighted by molar-refractivity contribution is -0.344. The van der Waals surface area contributed by atoms with Gasteiger partial charge in [0.25, 0.3) is 0 Å². The van der Waals surface area contributed by atoms with Crippen molar-refractivity contribution in [1.82, 2.24) is 4.90 Å². The number of carbonyl (C=O) groups excluding carboxylic acids is 1. The van der Waals surface area contributed by atoms with E-state index in [1.54, 1.807) is 15.9 Å². The van der Waals surface area contributed by atoms with Crippen LogP contribution in [0.15, 0.2) is 0 Å². The maximum Gasteiger partial charge on any atom is 0.494 e. The number of alkyl halides is 6. The minimum Gasteiger partial charge on any atom is -0.261 e. The monoisotopic (exact) mass is 259 g/mol. The second kappa shape index (κ2) is 3.11. The minimum atomic E-state index is -5.77. The SMILES string of the molecule is O=C(Br)N(C(F)(F)F)C(F)(F)F. The van der Waals surface area contributed by atoms with Gasteiger partial charge in [0.15, 0.2) is 0 Å². The zero-order valence-corrected chi connectivity index (χ0v) is 6.59.